The van der Waals surface area contributed by atoms with Crippen LogP contribution in [0.25, 0.3) is 0 Å². The maximum absolute atomic E-state index is 12.7. The van der Waals surface area contributed by atoms with Crippen LogP contribution in [0, 0.1) is 0 Å². The van der Waals surface area contributed by atoms with Crippen LogP contribution in [0.3, 0.4) is 0 Å². The van der Waals surface area contributed by atoms with Crippen molar-refractivity contribution in [3.05, 3.63) is 47.3 Å². The Balaban J connectivity index is 2.12. The lowest BCUT2D eigenvalue weighted by molar-refractivity contribution is -0.143. The minimum Gasteiger partial charge on any atom is -0.505 e. The van der Waals surface area contributed by atoms with Gasteiger partial charge in [0.2, 0.25) is 5.95 Å². The average molecular weight is 381 g/mol. The van der Waals surface area contributed by atoms with E-state index < -0.39 is 41.7 Å². The number of alkyl halides is 6. The number of carbonyl (C=O) groups excluding carboxylic acids is 1. The molecule has 26 heavy (non-hydrogen) atoms. The van der Waals surface area contributed by atoms with Crippen LogP contribution in [0.5, 0.6) is 5.75 Å². The highest BCUT2D eigenvalue weighted by Gasteiger charge is 2.36. The van der Waals surface area contributed by atoms with E-state index in [2.05, 4.69) is 14.7 Å². The Morgan fingerprint density at radius 2 is 1.50 bits per heavy atom. The maximum atomic E-state index is 12.7. The summed E-state index contributed by atoms with van der Waals surface area (Å²) in [6.45, 7) is -0.850. The first kappa shape index (κ1) is 19.3. The molecule has 0 fully saturated rings. The summed E-state index contributed by atoms with van der Waals surface area (Å²) in [5, 5.41) is 11.0. The summed E-state index contributed by atoms with van der Waals surface area (Å²) in [7, 11) is 0. The Labute approximate surface area is 141 Å². The number of carbonyl (C=O) groups is 1. The number of amides is 1. The van der Waals surface area contributed by atoms with Crippen LogP contribution in [-0.2, 0) is 23.7 Å². The highest BCUT2D eigenvalue weighted by atomic mass is 19.4. The molecule has 0 bridgehead atoms. The number of aromatic nitrogens is 2. The average Bonchev–Trinajstić information content (AvgIpc) is 2.53. The lowest BCUT2D eigenvalue weighted by Gasteiger charge is -2.14. The first-order valence-electron chi connectivity index (χ1n) is 6.68. The second-order valence-electron chi connectivity index (χ2n) is 4.88. The Morgan fingerprint density at radius 3 is 1.96 bits per heavy atom. The molecule has 0 aliphatic rings. The summed E-state index contributed by atoms with van der Waals surface area (Å²) < 4.78 is 81.0. The van der Waals surface area contributed by atoms with E-state index in [0.29, 0.717) is 12.1 Å². The normalized spacial score (nSPS) is 11.9. The van der Waals surface area contributed by atoms with Gasteiger partial charge in [-0.25, -0.2) is 14.8 Å². The van der Waals surface area contributed by atoms with Crippen molar-refractivity contribution >= 4 is 12.0 Å². The number of benzene rings is 1. The molecule has 1 aromatic carbocycles. The van der Waals surface area contributed by atoms with Crippen molar-refractivity contribution in [3.8, 4) is 5.75 Å². The molecule has 1 amide bonds. The SMILES string of the molecule is O=C(Nc1ncc(O)cn1)OCc1cc(C(F)(F)F)cc(C(F)(F)F)c1. The fraction of sp³-hybridized carbons (Fsp3) is 0.214. The molecular formula is C14H9F6N3O3. The summed E-state index contributed by atoms with van der Waals surface area (Å²) in [5.41, 5.74) is -3.55. The number of nitrogens with zero attached hydrogens (tertiary/aromatic N) is 2. The maximum Gasteiger partial charge on any atom is 0.416 e. The van der Waals surface area contributed by atoms with Crippen molar-refractivity contribution in [1.29, 1.82) is 0 Å². The predicted molar refractivity (Wildman–Crippen MR) is 74.0 cm³/mol. The van der Waals surface area contributed by atoms with Crippen molar-refractivity contribution in [1.82, 2.24) is 9.97 Å². The molecule has 2 rings (SSSR count). The highest BCUT2D eigenvalue weighted by Crippen LogP contribution is 2.36. The largest absolute Gasteiger partial charge is 0.505 e. The topological polar surface area (TPSA) is 84.3 Å². The fourth-order valence-corrected chi connectivity index (χ4v) is 1.76. The second kappa shape index (κ2) is 7.06. The highest BCUT2D eigenvalue weighted by molar-refractivity contribution is 5.82. The van der Waals surface area contributed by atoms with Gasteiger partial charge < -0.3 is 9.84 Å². The van der Waals surface area contributed by atoms with E-state index in [1.165, 1.54) is 0 Å². The van der Waals surface area contributed by atoms with Gasteiger partial charge in [-0.3, -0.25) is 5.32 Å². The standard InChI is InChI=1S/C14H9F6N3O3/c15-13(16,17)8-1-7(2-9(3-8)14(18,19)20)6-26-12(25)23-11-21-4-10(24)5-22-11/h1-5,24H,6H2,(H,21,22,23,25). The zero-order chi connectivity index (χ0) is 19.5. The van der Waals surface area contributed by atoms with E-state index in [4.69, 9.17) is 5.11 Å². The summed E-state index contributed by atoms with van der Waals surface area (Å²) in [6.07, 6.45) is -9.31. The van der Waals surface area contributed by atoms with Crippen LogP contribution in [0.4, 0.5) is 37.1 Å². The molecule has 0 radical (unpaired) electrons. The molecule has 2 N–H and O–H groups in total. The lowest BCUT2D eigenvalue weighted by atomic mass is 10.1. The molecule has 0 saturated heterocycles. The Morgan fingerprint density at radius 1 is 1.00 bits per heavy atom. The zero-order valence-electron chi connectivity index (χ0n) is 12.5. The van der Waals surface area contributed by atoms with Crippen LogP contribution in [0.2, 0.25) is 0 Å². The van der Waals surface area contributed by atoms with Crippen LogP contribution >= 0.6 is 0 Å². The molecule has 140 valence electrons. The van der Waals surface area contributed by atoms with Gasteiger partial charge in [-0.15, -0.1) is 0 Å². The van der Waals surface area contributed by atoms with Crippen molar-refractivity contribution in [2.75, 3.05) is 5.32 Å². The fourth-order valence-electron chi connectivity index (χ4n) is 1.76. The smallest absolute Gasteiger partial charge is 0.416 e. The minimum atomic E-state index is -5.00. The Bertz CT molecular complexity index is 758. The molecule has 1 heterocycles. The summed E-state index contributed by atoms with van der Waals surface area (Å²) in [4.78, 5) is 18.5. The van der Waals surface area contributed by atoms with Crippen LogP contribution in [-0.4, -0.2) is 21.2 Å². The molecule has 0 saturated carbocycles. The van der Waals surface area contributed by atoms with Gasteiger partial charge in [0.25, 0.3) is 0 Å². The molecule has 0 aliphatic carbocycles. The van der Waals surface area contributed by atoms with E-state index in [-0.39, 0.29) is 17.8 Å². The number of hydrogen-bond acceptors (Lipinski definition) is 5. The van der Waals surface area contributed by atoms with Gasteiger partial charge in [-0.2, -0.15) is 26.3 Å². The molecule has 6 nitrogen and oxygen atoms in total. The molecular weight excluding hydrogens is 372 g/mol. The van der Waals surface area contributed by atoms with Gasteiger partial charge in [-0.1, -0.05) is 0 Å². The molecule has 0 spiro atoms. The summed E-state index contributed by atoms with van der Waals surface area (Å²) >= 11 is 0. The van der Waals surface area contributed by atoms with Gasteiger partial charge >= 0.3 is 18.4 Å². The third-order valence-electron chi connectivity index (χ3n) is 2.87. The minimum absolute atomic E-state index is 0.0339. The Hall–Kier alpha value is -3.05. The molecule has 2 aromatic rings. The summed E-state index contributed by atoms with van der Waals surface area (Å²) in [5.74, 6) is -0.569. The van der Waals surface area contributed by atoms with Crippen LogP contribution in [0.1, 0.15) is 16.7 Å². The van der Waals surface area contributed by atoms with Gasteiger partial charge in [0.15, 0.2) is 5.75 Å². The molecule has 0 unspecified atom stereocenters. The summed E-state index contributed by atoms with van der Waals surface area (Å²) in [6, 6.07) is 0.854. The number of anilines is 1. The number of rotatable bonds is 3. The third kappa shape index (κ3) is 5.22. The lowest BCUT2D eigenvalue weighted by Crippen LogP contribution is -2.16. The van der Waals surface area contributed by atoms with Gasteiger partial charge in [0.05, 0.1) is 23.5 Å². The Kier molecular flexibility index (Phi) is 5.23. The van der Waals surface area contributed by atoms with Gasteiger partial charge in [0, 0.05) is 0 Å². The molecule has 0 atom stereocenters. The first-order chi connectivity index (χ1) is 11.9. The number of aromatic hydroxyl groups is 1. The predicted octanol–water partition coefficient (Wildman–Crippen LogP) is 3.97. The van der Waals surface area contributed by atoms with Crippen LogP contribution in [0.15, 0.2) is 30.6 Å². The first-order valence-corrected chi connectivity index (χ1v) is 6.68. The van der Waals surface area contributed by atoms with E-state index in [9.17, 15) is 31.1 Å². The molecule has 1 aromatic heterocycles. The van der Waals surface area contributed by atoms with Gasteiger partial charge in [-0.05, 0) is 23.8 Å². The van der Waals surface area contributed by atoms with Crippen LogP contribution < -0.4 is 5.32 Å². The van der Waals surface area contributed by atoms with E-state index in [1.807, 2.05) is 5.32 Å². The van der Waals surface area contributed by atoms with Crippen molar-refractivity contribution in [2.24, 2.45) is 0 Å². The molecule has 12 heteroatoms. The van der Waals surface area contributed by atoms with Crippen molar-refractivity contribution in [3.63, 3.8) is 0 Å². The second-order valence-corrected chi connectivity index (χ2v) is 4.88. The number of nitrogens with one attached hydrogen (secondary N) is 1. The van der Waals surface area contributed by atoms with Gasteiger partial charge in [0.1, 0.15) is 6.61 Å². The van der Waals surface area contributed by atoms with E-state index in [0.717, 1.165) is 12.4 Å². The van der Waals surface area contributed by atoms with Crippen molar-refractivity contribution in [2.45, 2.75) is 19.0 Å². The monoisotopic (exact) mass is 381 g/mol. The third-order valence-corrected chi connectivity index (χ3v) is 2.87. The number of ether oxygens (including phenoxy) is 1. The quantitative estimate of drug-likeness (QED) is 0.786. The zero-order valence-corrected chi connectivity index (χ0v) is 12.5. The number of hydrogen-bond donors (Lipinski definition) is 2. The van der Waals surface area contributed by atoms with Crippen molar-refractivity contribution < 1.29 is 41.0 Å². The molecule has 0 aliphatic heterocycles. The van der Waals surface area contributed by atoms with E-state index >= 15 is 0 Å². The number of halogens is 6. The van der Waals surface area contributed by atoms with E-state index in [1.54, 1.807) is 0 Å².